The van der Waals surface area contributed by atoms with Crippen molar-refractivity contribution >= 4 is 11.8 Å². The Morgan fingerprint density at radius 3 is 2.92 bits per heavy atom. The van der Waals surface area contributed by atoms with Crippen LogP contribution in [0.15, 0.2) is 9.32 Å². The molecule has 4 nitrogen and oxygen atoms in total. The van der Waals surface area contributed by atoms with E-state index in [4.69, 9.17) is 0 Å². The van der Waals surface area contributed by atoms with Crippen molar-refractivity contribution in [2.24, 2.45) is 0 Å². The van der Waals surface area contributed by atoms with Gasteiger partial charge in [0.2, 0.25) is 0 Å². The van der Waals surface area contributed by atoms with Crippen molar-refractivity contribution in [2.75, 3.05) is 0 Å². The topological polar surface area (TPSA) is 58.9 Å². The monoisotopic (exact) mass is 200 g/mol. The Balaban J connectivity index is 1.82. The fourth-order valence-electron chi connectivity index (χ4n) is 1.57. The molecule has 0 unspecified atom stereocenters. The van der Waals surface area contributed by atoms with Crippen molar-refractivity contribution in [1.29, 1.82) is 0 Å². The number of aromatic nitrogens is 2. The Morgan fingerprint density at radius 2 is 2.31 bits per heavy atom. The number of nitrogens with one attached hydrogen (secondary N) is 1. The van der Waals surface area contributed by atoms with Crippen molar-refractivity contribution in [3.8, 4) is 0 Å². The van der Waals surface area contributed by atoms with Crippen LogP contribution in [0.25, 0.3) is 0 Å². The summed E-state index contributed by atoms with van der Waals surface area (Å²) in [4.78, 5) is 13.1. The first-order chi connectivity index (χ1) is 6.34. The molecule has 0 spiro atoms. The summed E-state index contributed by atoms with van der Waals surface area (Å²) in [5.41, 5.74) is 0. The maximum Gasteiger partial charge on any atom is 0.438 e. The van der Waals surface area contributed by atoms with Crippen LogP contribution in [-0.4, -0.2) is 15.4 Å². The predicted octanol–water partition coefficient (Wildman–Crippen LogP) is 1.54. The summed E-state index contributed by atoms with van der Waals surface area (Å²) >= 11 is 1.86. The number of rotatable bonds is 3. The van der Waals surface area contributed by atoms with Crippen molar-refractivity contribution in [3.05, 3.63) is 16.4 Å². The summed E-state index contributed by atoms with van der Waals surface area (Å²) in [6, 6.07) is 0. The lowest BCUT2D eigenvalue weighted by molar-refractivity contribution is 0.383. The van der Waals surface area contributed by atoms with Crippen molar-refractivity contribution in [3.63, 3.8) is 0 Å². The van der Waals surface area contributed by atoms with E-state index in [1.165, 1.54) is 25.7 Å². The third-order valence-electron chi connectivity index (χ3n) is 2.24. The molecule has 1 saturated carbocycles. The van der Waals surface area contributed by atoms with Gasteiger partial charge >= 0.3 is 5.76 Å². The third kappa shape index (κ3) is 2.37. The highest BCUT2D eigenvalue weighted by molar-refractivity contribution is 7.99. The van der Waals surface area contributed by atoms with E-state index in [1.807, 2.05) is 11.8 Å². The van der Waals surface area contributed by atoms with Gasteiger partial charge in [0.1, 0.15) is 0 Å². The SMILES string of the molecule is O=c1[nH]c(CSC2CCCC2)no1. The minimum absolute atomic E-state index is 0.456. The largest absolute Gasteiger partial charge is 0.438 e. The van der Waals surface area contributed by atoms with Crippen LogP contribution in [0, 0.1) is 0 Å². The number of hydrogen-bond acceptors (Lipinski definition) is 4. The second-order valence-corrected chi connectivity index (χ2v) is 4.55. The molecule has 0 saturated heterocycles. The van der Waals surface area contributed by atoms with Crippen LogP contribution in [0.3, 0.4) is 0 Å². The lowest BCUT2D eigenvalue weighted by Crippen LogP contribution is -1.99. The van der Waals surface area contributed by atoms with Crippen LogP contribution in [0.5, 0.6) is 0 Å². The first-order valence-electron chi connectivity index (χ1n) is 4.51. The minimum Gasteiger partial charge on any atom is -0.296 e. The summed E-state index contributed by atoms with van der Waals surface area (Å²) in [7, 11) is 0. The van der Waals surface area contributed by atoms with Gasteiger partial charge in [0.15, 0.2) is 5.82 Å². The first-order valence-corrected chi connectivity index (χ1v) is 5.56. The normalized spacial score (nSPS) is 18.2. The van der Waals surface area contributed by atoms with Gasteiger partial charge in [-0.3, -0.25) is 9.51 Å². The summed E-state index contributed by atoms with van der Waals surface area (Å²) in [5.74, 6) is 0.958. The number of aromatic amines is 1. The molecule has 1 aromatic heterocycles. The van der Waals surface area contributed by atoms with E-state index in [2.05, 4.69) is 14.7 Å². The van der Waals surface area contributed by atoms with E-state index in [0.717, 1.165) is 11.0 Å². The van der Waals surface area contributed by atoms with Crippen LogP contribution < -0.4 is 5.76 Å². The van der Waals surface area contributed by atoms with Gasteiger partial charge in [-0.15, -0.1) is 0 Å². The fraction of sp³-hybridized carbons (Fsp3) is 0.750. The average molecular weight is 200 g/mol. The Hall–Kier alpha value is -0.710. The van der Waals surface area contributed by atoms with Crippen LogP contribution in [0.1, 0.15) is 31.5 Å². The lowest BCUT2D eigenvalue weighted by Gasteiger charge is -2.04. The molecule has 0 atom stereocenters. The van der Waals surface area contributed by atoms with E-state index >= 15 is 0 Å². The summed E-state index contributed by atoms with van der Waals surface area (Å²) in [6.45, 7) is 0. The van der Waals surface area contributed by atoms with Gasteiger partial charge in [0.25, 0.3) is 0 Å². The molecule has 0 radical (unpaired) electrons. The van der Waals surface area contributed by atoms with E-state index in [-0.39, 0.29) is 0 Å². The highest BCUT2D eigenvalue weighted by Crippen LogP contribution is 2.30. The van der Waals surface area contributed by atoms with Crippen molar-refractivity contribution in [2.45, 2.75) is 36.7 Å². The Labute approximate surface area is 80.1 Å². The molecule has 1 N–H and O–H groups in total. The predicted molar refractivity (Wildman–Crippen MR) is 50.7 cm³/mol. The van der Waals surface area contributed by atoms with Crippen LogP contribution in [-0.2, 0) is 5.75 Å². The van der Waals surface area contributed by atoms with Crippen LogP contribution >= 0.6 is 11.8 Å². The van der Waals surface area contributed by atoms with E-state index in [1.54, 1.807) is 0 Å². The zero-order valence-electron chi connectivity index (χ0n) is 7.28. The quantitative estimate of drug-likeness (QED) is 0.804. The van der Waals surface area contributed by atoms with E-state index in [0.29, 0.717) is 5.82 Å². The summed E-state index contributed by atoms with van der Waals surface area (Å²) in [6.07, 6.45) is 5.28. The average Bonchev–Trinajstić information content (AvgIpc) is 2.71. The van der Waals surface area contributed by atoms with Crippen LogP contribution in [0.4, 0.5) is 0 Å². The number of thioether (sulfide) groups is 1. The highest BCUT2D eigenvalue weighted by atomic mass is 32.2. The number of hydrogen-bond donors (Lipinski definition) is 1. The molecule has 13 heavy (non-hydrogen) atoms. The third-order valence-corrected chi connectivity index (χ3v) is 3.63. The molecular formula is C8H12N2O2S. The highest BCUT2D eigenvalue weighted by Gasteiger charge is 2.15. The molecule has 1 aliphatic carbocycles. The fourth-order valence-corrected chi connectivity index (χ4v) is 2.76. The summed E-state index contributed by atoms with van der Waals surface area (Å²) < 4.78 is 4.41. The zero-order chi connectivity index (χ0) is 9.10. The van der Waals surface area contributed by atoms with E-state index in [9.17, 15) is 4.79 Å². The molecule has 0 aromatic carbocycles. The van der Waals surface area contributed by atoms with E-state index < -0.39 is 5.76 Å². The minimum atomic E-state index is -0.456. The lowest BCUT2D eigenvalue weighted by atomic mass is 10.4. The second kappa shape index (κ2) is 4.00. The Bertz CT molecular complexity index is 314. The number of H-pyrrole nitrogens is 1. The summed E-state index contributed by atoms with van der Waals surface area (Å²) in [5, 5.41) is 4.36. The van der Waals surface area contributed by atoms with Crippen molar-refractivity contribution in [1.82, 2.24) is 10.1 Å². The molecule has 1 fully saturated rings. The van der Waals surface area contributed by atoms with Gasteiger partial charge in [0.05, 0.1) is 5.75 Å². The maximum absolute atomic E-state index is 10.6. The Morgan fingerprint density at radius 1 is 1.54 bits per heavy atom. The molecule has 72 valence electrons. The molecular weight excluding hydrogens is 188 g/mol. The molecule has 5 heteroatoms. The zero-order valence-corrected chi connectivity index (χ0v) is 8.10. The molecule has 0 amide bonds. The Kier molecular flexibility index (Phi) is 2.73. The molecule has 1 heterocycles. The maximum atomic E-state index is 10.6. The number of nitrogens with zero attached hydrogens (tertiary/aromatic N) is 1. The molecule has 0 aliphatic heterocycles. The van der Waals surface area contributed by atoms with Gasteiger partial charge in [-0.1, -0.05) is 18.0 Å². The smallest absolute Gasteiger partial charge is 0.296 e. The molecule has 1 aromatic rings. The van der Waals surface area contributed by atoms with Gasteiger partial charge in [-0.25, -0.2) is 4.79 Å². The van der Waals surface area contributed by atoms with Crippen molar-refractivity contribution < 1.29 is 4.52 Å². The van der Waals surface area contributed by atoms with Crippen LogP contribution in [0.2, 0.25) is 0 Å². The molecule has 2 rings (SSSR count). The first kappa shape index (κ1) is 8.87. The second-order valence-electron chi connectivity index (χ2n) is 3.26. The van der Waals surface area contributed by atoms with Gasteiger partial charge < -0.3 is 0 Å². The van der Waals surface area contributed by atoms with Gasteiger partial charge in [0, 0.05) is 5.25 Å². The van der Waals surface area contributed by atoms with Gasteiger partial charge in [-0.05, 0) is 12.8 Å². The molecule has 1 aliphatic rings. The molecule has 0 bridgehead atoms. The van der Waals surface area contributed by atoms with Gasteiger partial charge in [-0.2, -0.15) is 11.8 Å². The standard InChI is InChI=1S/C8H12N2O2S/c11-8-9-7(10-12-8)5-13-6-3-1-2-4-6/h6H,1-5H2,(H,9,10,11).